The van der Waals surface area contributed by atoms with E-state index in [9.17, 15) is 10.1 Å². The van der Waals surface area contributed by atoms with Gasteiger partial charge in [0.05, 0.1) is 4.92 Å². The molecule has 1 aliphatic heterocycles. The molecule has 0 radical (unpaired) electrons. The lowest BCUT2D eigenvalue weighted by Crippen LogP contribution is -2.17. The molecule has 0 N–H and O–H groups in total. The van der Waals surface area contributed by atoms with Crippen LogP contribution in [0.3, 0.4) is 0 Å². The van der Waals surface area contributed by atoms with Crippen LogP contribution in [0, 0.1) is 10.1 Å². The van der Waals surface area contributed by atoms with Gasteiger partial charge in [-0.2, -0.15) is 0 Å². The first kappa shape index (κ1) is 13.9. The van der Waals surface area contributed by atoms with Crippen molar-refractivity contribution in [3.8, 4) is 0 Å². The molecule has 0 unspecified atom stereocenters. The second-order valence-electron chi connectivity index (χ2n) is 5.05. The van der Waals surface area contributed by atoms with E-state index < -0.39 is 0 Å². The average molecular weight is 300 g/mol. The fourth-order valence-electron chi connectivity index (χ4n) is 2.51. The third-order valence-corrected chi connectivity index (χ3v) is 4.52. The van der Waals surface area contributed by atoms with Crippen LogP contribution in [0.2, 0.25) is 0 Å². The Morgan fingerprint density at radius 1 is 1.00 bits per heavy atom. The number of hydrogen-bond donors (Lipinski definition) is 0. The van der Waals surface area contributed by atoms with E-state index in [0.29, 0.717) is 0 Å². The van der Waals surface area contributed by atoms with E-state index >= 15 is 0 Å². The van der Waals surface area contributed by atoms with Gasteiger partial charge in [-0.1, -0.05) is 30.0 Å². The smallest absolute Gasteiger partial charge is 0.272 e. The maximum atomic E-state index is 11.2. The summed E-state index contributed by atoms with van der Waals surface area (Å²) in [7, 11) is 0. The summed E-state index contributed by atoms with van der Waals surface area (Å²) < 4.78 is 0. The van der Waals surface area contributed by atoms with Crippen LogP contribution in [0.5, 0.6) is 0 Å². The van der Waals surface area contributed by atoms with Crippen molar-refractivity contribution in [3.05, 3.63) is 58.6 Å². The van der Waals surface area contributed by atoms with Crippen molar-refractivity contribution in [2.75, 3.05) is 18.0 Å². The summed E-state index contributed by atoms with van der Waals surface area (Å²) in [5.74, 6) is 0. The lowest BCUT2D eigenvalue weighted by molar-refractivity contribution is -0.385. The van der Waals surface area contributed by atoms with Crippen molar-refractivity contribution in [1.82, 2.24) is 0 Å². The van der Waals surface area contributed by atoms with Gasteiger partial charge in [0.15, 0.2) is 0 Å². The summed E-state index contributed by atoms with van der Waals surface area (Å²) in [5.41, 5.74) is 1.12. The van der Waals surface area contributed by atoms with Gasteiger partial charge in [-0.05, 0) is 31.0 Å². The molecule has 2 aromatic rings. The van der Waals surface area contributed by atoms with Gasteiger partial charge in [-0.3, -0.25) is 10.1 Å². The largest absolute Gasteiger partial charge is 0.371 e. The molecule has 1 saturated heterocycles. The first-order chi connectivity index (χ1) is 10.2. The van der Waals surface area contributed by atoms with Crippen LogP contribution in [0.1, 0.15) is 12.8 Å². The molecule has 5 heteroatoms. The molecule has 0 spiro atoms. The predicted octanol–water partition coefficient (Wildman–Crippen LogP) is 4.35. The third-order valence-electron chi connectivity index (χ3n) is 3.54. The van der Waals surface area contributed by atoms with Gasteiger partial charge in [-0.25, -0.2) is 0 Å². The van der Waals surface area contributed by atoms with Crippen molar-refractivity contribution in [2.45, 2.75) is 22.6 Å². The predicted molar refractivity (Wildman–Crippen MR) is 85.1 cm³/mol. The molecule has 0 amide bonds. The van der Waals surface area contributed by atoms with Gasteiger partial charge in [0.2, 0.25) is 0 Å². The number of rotatable bonds is 4. The SMILES string of the molecule is O=[N+]([O-])c1cc(Sc2ccccc2)cc(N2CCCC2)c1. The van der Waals surface area contributed by atoms with Crippen molar-refractivity contribution >= 4 is 23.1 Å². The van der Waals surface area contributed by atoms with Gasteiger partial charge >= 0.3 is 0 Å². The van der Waals surface area contributed by atoms with E-state index in [2.05, 4.69) is 11.0 Å². The Bertz CT molecular complexity index is 640. The summed E-state index contributed by atoms with van der Waals surface area (Å²) in [6.45, 7) is 1.97. The number of hydrogen-bond acceptors (Lipinski definition) is 4. The fourth-order valence-corrected chi connectivity index (χ4v) is 3.44. The van der Waals surface area contributed by atoms with E-state index in [1.54, 1.807) is 23.9 Å². The fraction of sp³-hybridized carbons (Fsp3) is 0.250. The Kier molecular flexibility index (Phi) is 4.10. The molecule has 0 aliphatic carbocycles. The Hall–Kier alpha value is -2.01. The molecule has 4 nitrogen and oxygen atoms in total. The van der Waals surface area contributed by atoms with Crippen LogP contribution in [0.25, 0.3) is 0 Å². The van der Waals surface area contributed by atoms with E-state index in [-0.39, 0.29) is 10.6 Å². The Morgan fingerprint density at radius 2 is 1.71 bits per heavy atom. The lowest BCUT2D eigenvalue weighted by atomic mass is 10.2. The quantitative estimate of drug-likeness (QED) is 0.622. The molecule has 0 atom stereocenters. The monoisotopic (exact) mass is 300 g/mol. The number of nitro groups is 1. The van der Waals surface area contributed by atoms with Gasteiger partial charge in [0, 0.05) is 40.7 Å². The van der Waals surface area contributed by atoms with E-state index in [0.717, 1.165) is 41.4 Å². The van der Waals surface area contributed by atoms with Crippen LogP contribution >= 0.6 is 11.8 Å². The highest BCUT2D eigenvalue weighted by molar-refractivity contribution is 7.99. The molecule has 108 valence electrons. The number of benzene rings is 2. The topological polar surface area (TPSA) is 46.4 Å². The number of anilines is 1. The normalized spacial score (nSPS) is 14.4. The highest BCUT2D eigenvalue weighted by Crippen LogP contribution is 2.34. The summed E-state index contributed by atoms with van der Waals surface area (Å²) in [4.78, 5) is 15.1. The molecule has 0 aromatic heterocycles. The molecule has 1 aliphatic rings. The molecular weight excluding hydrogens is 284 g/mol. The third kappa shape index (κ3) is 3.36. The summed E-state index contributed by atoms with van der Waals surface area (Å²) in [6.07, 6.45) is 2.31. The van der Waals surface area contributed by atoms with Crippen LogP contribution < -0.4 is 4.90 Å². The minimum atomic E-state index is -0.311. The second-order valence-corrected chi connectivity index (χ2v) is 6.20. The Balaban J connectivity index is 1.93. The Labute approximate surface area is 127 Å². The molecule has 2 aromatic carbocycles. The lowest BCUT2D eigenvalue weighted by Gasteiger charge is -2.18. The minimum absolute atomic E-state index is 0.165. The van der Waals surface area contributed by atoms with Gasteiger partial charge in [-0.15, -0.1) is 0 Å². The average Bonchev–Trinajstić information content (AvgIpc) is 3.02. The maximum Gasteiger partial charge on any atom is 0.272 e. The molecule has 1 fully saturated rings. The van der Waals surface area contributed by atoms with Crippen molar-refractivity contribution in [3.63, 3.8) is 0 Å². The van der Waals surface area contributed by atoms with Gasteiger partial charge in [0.25, 0.3) is 5.69 Å². The van der Waals surface area contributed by atoms with E-state index in [1.807, 2.05) is 30.3 Å². The van der Waals surface area contributed by atoms with Crippen LogP contribution in [-0.2, 0) is 0 Å². The molecule has 0 saturated carbocycles. The van der Waals surface area contributed by atoms with Gasteiger partial charge in [0.1, 0.15) is 0 Å². The zero-order valence-electron chi connectivity index (χ0n) is 11.6. The molecular formula is C16H16N2O2S. The molecule has 21 heavy (non-hydrogen) atoms. The van der Waals surface area contributed by atoms with Crippen molar-refractivity contribution < 1.29 is 4.92 Å². The molecule has 3 rings (SSSR count). The minimum Gasteiger partial charge on any atom is -0.371 e. The zero-order chi connectivity index (χ0) is 14.7. The van der Waals surface area contributed by atoms with Crippen molar-refractivity contribution in [2.24, 2.45) is 0 Å². The Morgan fingerprint density at radius 3 is 2.38 bits per heavy atom. The van der Waals surface area contributed by atoms with Crippen LogP contribution in [-0.4, -0.2) is 18.0 Å². The van der Waals surface area contributed by atoms with E-state index in [4.69, 9.17) is 0 Å². The second kappa shape index (κ2) is 6.18. The zero-order valence-corrected chi connectivity index (χ0v) is 12.4. The summed E-state index contributed by atoms with van der Waals surface area (Å²) in [5, 5.41) is 11.2. The van der Waals surface area contributed by atoms with Crippen LogP contribution in [0.15, 0.2) is 58.3 Å². The first-order valence-corrected chi connectivity index (χ1v) is 7.81. The number of non-ortho nitro benzene ring substituents is 1. The van der Waals surface area contributed by atoms with E-state index in [1.165, 1.54) is 0 Å². The standard InChI is InChI=1S/C16H16N2O2S/c19-18(20)14-10-13(17-8-4-5-9-17)11-16(12-14)21-15-6-2-1-3-7-15/h1-3,6-7,10-12H,4-5,8-9H2. The molecule has 0 bridgehead atoms. The summed E-state index contributed by atoms with van der Waals surface area (Å²) >= 11 is 1.56. The molecule has 1 heterocycles. The number of nitro benzene ring substituents is 1. The summed E-state index contributed by atoms with van der Waals surface area (Å²) in [6, 6.07) is 15.3. The highest BCUT2D eigenvalue weighted by atomic mass is 32.2. The first-order valence-electron chi connectivity index (χ1n) is 7.00. The number of nitrogens with zero attached hydrogens (tertiary/aromatic N) is 2. The van der Waals surface area contributed by atoms with Crippen LogP contribution in [0.4, 0.5) is 11.4 Å². The van der Waals surface area contributed by atoms with Gasteiger partial charge < -0.3 is 4.90 Å². The highest BCUT2D eigenvalue weighted by Gasteiger charge is 2.17. The van der Waals surface area contributed by atoms with Crippen molar-refractivity contribution in [1.29, 1.82) is 0 Å². The maximum absolute atomic E-state index is 11.2.